The minimum Gasteiger partial charge on any atom is -0.378 e. The second kappa shape index (κ2) is 6.70. The Morgan fingerprint density at radius 3 is 3.11 bits per heavy atom. The number of halogens is 1. The Bertz CT molecular complexity index is 414. The van der Waals surface area contributed by atoms with Crippen LogP contribution in [0.3, 0.4) is 0 Å². The molecule has 2 atom stereocenters. The van der Waals surface area contributed by atoms with Crippen LogP contribution in [0.15, 0.2) is 9.85 Å². The van der Waals surface area contributed by atoms with Gasteiger partial charge in [-0.05, 0) is 79.1 Å². The molecule has 2 nitrogen and oxygen atoms in total. The van der Waals surface area contributed by atoms with E-state index in [1.165, 1.54) is 47.9 Å². The van der Waals surface area contributed by atoms with Gasteiger partial charge in [0.25, 0.3) is 0 Å². The lowest BCUT2D eigenvalue weighted by atomic mass is 9.94. The number of hydrogen-bond donors (Lipinski definition) is 1. The van der Waals surface area contributed by atoms with Crippen molar-refractivity contribution in [1.82, 2.24) is 5.32 Å². The predicted molar refractivity (Wildman–Crippen MR) is 83.9 cm³/mol. The van der Waals surface area contributed by atoms with E-state index in [1.807, 2.05) is 11.3 Å². The second-order valence-electron chi connectivity index (χ2n) is 5.61. The number of fused-ring (bicyclic) bond motifs is 1. The number of ether oxygens (including phenoxy) is 1. The van der Waals surface area contributed by atoms with Gasteiger partial charge in [0.2, 0.25) is 0 Å². The minimum atomic E-state index is 0.499. The maximum absolute atomic E-state index is 5.80. The third-order valence-electron chi connectivity index (χ3n) is 4.21. The fraction of sp³-hybridized carbons (Fsp3) is 0.733. The number of nitrogens with one attached hydrogen (secondary N) is 1. The molecule has 0 amide bonds. The van der Waals surface area contributed by atoms with Gasteiger partial charge in [-0.1, -0.05) is 0 Å². The fourth-order valence-electron chi connectivity index (χ4n) is 3.19. The van der Waals surface area contributed by atoms with E-state index in [-0.39, 0.29) is 0 Å². The zero-order chi connectivity index (χ0) is 13.1. The molecule has 0 bridgehead atoms. The molecule has 3 rings (SSSR count). The van der Waals surface area contributed by atoms with Crippen LogP contribution in [0.2, 0.25) is 0 Å². The Kier molecular flexibility index (Phi) is 4.96. The first-order valence-corrected chi connectivity index (χ1v) is 9.07. The van der Waals surface area contributed by atoms with E-state index in [0.717, 1.165) is 19.6 Å². The van der Waals surface area contributed by atoms with Crippen LogP contribution in [0.1, 0.15) is 55.0 Å². The molecule has 0 spiro atoms. The average molecular weight is 344 g/mol. The van der Waals surface area contributed by atoms with E-state index < -0.39 is 0 Å². The fourth-order valence-corrected chi connectivity index (χ4v) is 5.01. The van der Waals surface area contributed by atoms with Crippen molar-refractivity contribution in [3.63, 3.8) is 0 Å². The Hall–Kier alpha value is 0.1000. The van der Waals surface area contributed by atoms with Gasteiger partial charge in [0.05, 0.1) is 9.89 Å². The zero-order valence-electron chi connectivity index (χ0n) is 11.3. The second-order valence-corrected chi connectivity index (χ2v) is 8.12. The Morgan fingerprint density at radius 2 is 2.26 bits per heavy atom. The monoisotopic (exact) mass is 343 g/mol. The quantitative estimate of drug-likeness (QED) is 0.872. The summed E-state index contributed by atoms with van der Waals surface area (Å²) < 4.78 is 7.07. The van der Waals surface area contributed by atoms with Crippen molar-refractivity contribution in [2.45, 2.75) is 57.1 Å². The van der Waals surface area contributed by atoms with E-state index >= 15 is 0 Å². The van der Waals surface area contributed by atoms with Gasteiger partial charge in [-0.3, -0.25) is 0 Å². The van der Waals surface area contributed by atoms with Gasteiger partial charge in [0, 0.05) is 17.5 Å². The highest BCUT2D eigenvalue weighted by molar-refractivity contribution is 9.11. The van der Waals surface area contributed by atoms with Crippen molar-refractivity contribution in [3.05, 3.63) is 20.3 Å². The molecule has 1 aromatic heterocycles. The lowest BCUT2D eigenvalue weighted by Gasteiger charge is -2.26. The van der Waals surface area contributed by atoms with Crippen molar-refractivity contribution >= 4 is 27.3 Å². The van der Waals surface area contributed by atoms with Crippen molar-refractivity contribution < 1.29 is 4.74 Å². The maximum Gasteiger partial charge on any atom is 0.0704 e. The highest BCUT2D eigenvalue weighted by Crippen LogP contribution is 2.37. The first-order chi connectivity index (χ1) is 9.33. The molecular weight excluding hydrogens is 322 g/mol. The molecule has 2 aliphatic rings. The van der Waals surface area contributed by atoms with Gasteiger partial charge in [-0.25, -0.2) is 0 Å². The first-order valence-electron chi connectivity index (χ1n) is 7.46. The third-order valence-corrected chi connectivity index (χ3v) is 5.93. The molecule has 1 aliphatic heterocycles. The van der Waals surface area contributed by atoms with Crippen LogP contribution < -0.4 is 5.32 Å². The molecule has 1 aliphatic carbocycles. The van der Waals surface area contributed by atoms with Gasteiger partial charge in [0.1, 0.15) is 0 Å². The molecule has 1 fully saturated rings. The molecule has 1 aromatic rings. The normalized spacial score (nSPS) is 27.2. The molecule has 2 heterocycles. The smallest absolute Gasteiger partial charge is 0.0704 e. The molecule has 1 saturated heterocycles. The van der Waals surface area contributed by atoms with Crippen molar-refractivity contribution in [3.8, 4) is 0 Å². The molecule has 0 saturated carbocycles. The summed E-state index contributed by atoms with van der Waals surface area (Å²) in [6, 6.07) is 2.88. The number of hydrogen-bond acceptors (Lipinski definition) is 3. The SMILES string of the molecule is Brc1cc2c(s1)CCCC2NCCC1CCCCO1. The lowest BCUT2D eigenvalue weighted by Crippen LogP contribution is -2.29. The summed E-state index contributed by atoms with van der Waals surface area (Å²) in [5.41, 5.74) is 1.53. The molecule has 2 unspecified atom stereocenters. The summed E-state index contributed by atoms with van der Waals surface area (Å²) in [5, 5.41) is 3.74. The standard InChI is InChI=1S/C15H22BrNOS/c16-15-10-12-13(5-3-6-14(12)19-15)17-8-7-11-4-1-2-9-18-11/h10-11,13,17H,1-9H2. The minimum absolute atomic E-state index is 0.499. The van der Waals surface area contributed by atoms with Crippen LogP contribution in [0.4, 0.5) is 0 Å². The average Bonchev–Trinajstić information content (AvgIpc) is 2.81. The van der Waals surface area contributed by atoms with Crippen LogP contribution in [0, 0.1) is 0 Å². The topological polar surface area (TPSA) is 21.3 Å². The third kappa shape index (κ3) is 3.60. The number of aryl methyl sites for hydroxylation is 1. The van der Waals surface area contributed by atoms with E-state index in [1.54, 1.807) is 4.88 Å². The highest BCUT2D eigenvalue weighted by atomic mass is 79.9. The van der Waals surface area contributed by atoms with Crippen LogP contribution >= 0.6 is 27.3 Å². The molecule has 106 valence electrons. The number of thiophene rings is 1. The van der Waals surface area contributed by atoms with E-state index in [2.05, 4.69) is 27.3 Å². The van der Waals surface area contributed by atoms with E-state index in [4.69, 9.17) is 4.74 Å². The highest BCUT2D eigenvalue weighted by Gasteiger charge is 2.22. The first kappa shape index (κ1) is 14.1. The predicted octanol–water partition coefficient (Wildman–Crippen LogP) is 4.44. The van der Waals surface area contributed by atoms with Gasteiger partial charge in [0.15, 0.2) is 0 Å². The van der Waals surface area contributed by atoms with Gasteiger partial charge in [-0.2, -0.15) is 0 Å². The Morgan fingerprint density at radius 1 is 1.32 bits per heavy atom. The molecule has 19 heavy (non-hydrogen) atoms. The summed E-state index contributed by atoms with van der Waals surface area (Å²) in [6.07, 6.45) is 9.36. The van der Waals surface area contributed by atoms with Gasteiger partial charge >= 0.3 is 0 Å². The molecule has 1 N–H and O–H groups in total. The van der Waals surface area contributed by atoms with Crippen LogP contribution in [-0.4, -0.2) is 19.3 Å². The van der Waals surface area contributed by atoms with Crippen LogP contribution in [-0.2, 0) is 11.2 Å². The molecule has 4 heteroatoms. The number of rotatable bonds is 4. The van der Waals surface area contributed by atoms with Gasteiger partial charge in [-0.15, -0.1) is 11.3 Å². The molecule has 0 aromatic carbocycles. The summed E-state index contributed by atoms with van der Waals surface area (Å²) >= 11 is 5.53. The summed E-state index contributed by atoms with van der Waals surface area (Å²) in [5.74, 6) is 0. The van der Waals surface area contributed by atoms with Crippen LogP contribution in [0.5, 0.6) is 0 Å². The van der Waals surface area contributed by atoms with Crippen LogP contribution in [0.25, 0.3) is 0 Å². The van der Waals surface area contributed by atoms with Crippen molar-refractivity contribution in [2.75, 3.05) is 13.2 Å². The van der Waals surface area contributed by atoms with Crippen molar-refractivity contribution in [1.29, 1.82) is 0 Å². The Labute approximate surface area is 128 Å². The largest absolute Gasteiger partial charge is 0.378 e. The van der Waals surface area contributed by atoms with E-state index in [9.17, 15) is 0 Å². The summed E-state index contributed by atoms with van der Waals surface area (Å²) in [4.78, 5) is 1.57. The lowest BCUT2D eigenvalue weighted by molar-refractivity contribution is 0.0111. The maximum atomic E-state index is 5.80. The van der Waals surface area contributed by atoms with E-state index in [0.29, 0.717) is 12.1 Å². The molecular formula is C15H22BrNOS. The summed E-state index contributed by atoms with van der Waals surface area (Å²) in [7, 11) is 0. The molecule has 0 radical (unpaired) electrons. The zero-order valence-corrected chi connectivity index (χ0v) is 13.7. The van der Waals surface area contributed by atoms with Gasteiger partial charge < -0.3 is 10.1 Å². The Balaban J connectivity index is 1.50. The summed E-state index contributed by atoms with van der Waals surface area (Å²) in [6.45, 7) is 2.05. The van der Waals surface area contributed by atoms with Crippen molar-refractivity contribution in [2.24, 2.45) is 0 Å².